The zero-order chi connectivity index (χ0) is 18.8. The highest BCUT2D eigenvalue weighted by molar-refractivity contribution is 7.09. The van der Waals surface area contributed by atoms with Crippen molar-refractivity contribution >= 4 is 23.3 Å². The van der Waals surface area contributed by atoms with Crippen molar-refractivity contribution in [2.75, 3.05) is 27.3 Å². The molecule has 2 aromatic rings. The number of thiophene rings is 1. The zero-order valence-electron chi connectivity index (χ0n) is 15.4. The summed E-state index contributed by atoms with van der Waals surface area (Å²) >= 11 is 1.75. The van der Waals surface area contributed by atoms with Gasteiger partial charge in [0.25, 0.3) is 0 Å². The van der Waals surface area contributed by atoms with Crippen LogP contribution in [0.5, 0.6) is 5.75 Å². The van der Waals surface area contributed by atoms with Crippen LogP contribution >= 0.6 is 11.3 Å². The van der Waals surface area contributed by atoms with Crippen molar-refractivity contribution in [3.63, 3.8) is 0 Å². The molecule has 0 atom stereocenters. The number of aliphatic imine (C=N–C) groups is 1. The minimum atomic E-state index is -0.423. The minimum Gasteiger partial charge on any atom is -0.496 e. The van der Waals surface area contributed by atoms with Crippen LogP contribution in [0.3, 0.4) is 0 Å². The Morgan fingerprint density at radius 2 is 2.08 bits per heavy atom. The summed E-state index contributed by atoms with van der Waals surface area (Å²) in [5, 5.41) is 8.64. The van der Waals surface area contributed by atoms with Gasteiger partial charge in [0.2, 0.25) is 0 Å². The summed E-state index contributed by atoms with van der Waals surface area (Å²) in [6, 6.07) is 9.59. The quantitative estimate of drug-likeness (QED) is 0.422. The molecule has 0 bridgehead atoms. The number of ether oxygens (including phenoxy) is 2. The molecule has 0 spiro atoms. The SMILES string of the molecule is CCNC(=NCc1ccc(OC)c(C(=O)OC)c1)NCCc1cccs1. The lowest BCUT2D eigenvalue weighted by Crippen LogP contribution is -2.38. The first-order valence-corrected chi connectivity index (χ1v) is 9.35. The largest absolute Gasteiger partial charge is 0.496 e. The van der Waals surface area contributed by atoms with E-state index in [1.807, 2.05) is 13.0 Å². The van der Waals surface area contributed by atoms with Gasteiger partial charge in [0.15, 0.2) is 5.96 Å². The number of guanidine groups is 1. The fourth-order valence-corrected chi connectivity index (χ4v) is 3.10. The molecule has 0 saturated heterocycles. The molecule has 1 heterocycles. The number of nitrogens with zero attached hydrogens (tertiary/aromatic N) is 1. The summed E-state index contributed by atoms with van der Waals surface area (Å²) in [5.41, 5.74) is 1.31. The van der Waals surface area contributed by atoms with Gasteiger partial charge in [0.05, 0.1) is 20.8 Å². The van der Waals surface area contributed by atoms with Crippen LogP contribution in [0.1, 0.15) is 27.7 Å². The molecular formula is C19H25N3O3S. The van der Waals surface area contributed by atoms with Crippen molar-refractivity contribution in [1.29, 1.82) is 0 Å². The van der Waals surface area contributed by atoms with E-state index in [1.165, 1.54) is 19.1 Å². The Kier molecular flexibility index (Phi) is 7.95. The molecule has 0 unspecified atom stereocenters. The van der Waals surface area contributed by atoms with Crippen molar-refractivity contribution in [2.24, 2.45) is 4.99 Å². The number of esters is 1. The van der Waals surface area contributed by atoms with Gasteiger partial charge < -0.3 is 20.1 Å². The summed E-state index contributed by atoms with van der Waals surface area (Å²) in [5.74, 6) is 0.818. The monoisotopic (exact) mass is 375 g/mol. The second kappa shape index (κ2) is 10.5. The Morgan fingerprint density at radius 1 is 1.23 bits per heavy atom. The van der Waals surface area contributed by atoms with Gasteiger partial charge in [-0.2, -0.15) is 0 Å². The number of hydrogen-bond acceptors (Lipinski definition) is 5. The molecule has 0 fully saturated rings. The smallest absolute Gasteiger partial charge is 0.341 e. The van der Waals surface area contributed by atoms with E-state index in [4.69, 9.17) is 9.47 Å². The molecule has 0 radical (unpaired) electrons. The first kappa shape index (κ1) is 19.8. The maximum Gasteiger partial charge on any atom is 0.341 e. The van der Waals surface area contributed by atoms with E-state index in [2.05, 4.69) is 33.1 Å². The number of nitrogens with one attached hydrogen (secondary N) is 2. The second-order valence-electron chi connectivity index (χ2n) is 5.48. The van der Waals surface area contributed by atoms with E-state index < -0.39 is 5.97 Å². The molecule has 0 saturated carbocycles. The fraction of sp³-hybridized carbons (Fsp3) is 0.368. The van der Waals surface area contributed by atoms with Gasteiger partial charge in [0.1, 0.15) is 11.3 Å². The molecule has 7 heteroatoms. The Labute approximate surface area is 158 Å². The standard InChI is InChI=1S/C19H25N3O3S/c1-4-20-19(21-10-9-15-6-5-11-26-15)22-13-14-7-8-17(24-2)16(12-14)18(23)25-3/h5-8,11-12H,4,9-10,13H2,1-3H3,(H2,20,21,22). The van der Waals surface area contributed by atoms with Crippen LogP contribution in [0.4, 0.5) is 0 Å². The summed E-state index contributed by atoms with van der Waals surface area (Å²) in [6.07, 6.45) is 0.955. The van der Waals surface area contributed by atoms with Crippen LogP contribution in [0.2, 0.25) is 0 Å². The van der Waals surface area contributed by atoms with E-state index in [-0.39, 0.29) is 0 Å². The summed E-state index contributed by atoms with van der Waals surface area (Å²) in [7, 11) is 2.88. The molecule has 1 aromatic carbocycles. The van der Waals surface area contributed by atoms with Crippen LogP contribution < -0.4 is 15.4 Å². The van der Waals surface area contributed by atoms with E-state index >= 15 is 0 Å². The molecule has 0 aliphatic rings. The highest BCUT2D eigenvalue weighted by Gasteiger charge is 2.13. The number of carbonyl (C=O) groups is 1. The molecule has 0 amide bonds. The number of methoxy groups -OCH3 is 2. The predicted octanol–water partition coefficient (Wildman–Crippen LogP) is 2.84. The lowest BCUT2D eigenvalue weighted by atomic mass is 10.1. The Hall–Kier alpha value is -2.54. The van der Waals surface area contributed by atoms with Gasteiger partial charge in [-0.1, -0.05) is 12.1 Å². The van der Waals surface area contributed by atoms with E-state index in [9.17, 15) is 4.79 Å². The molecule has 140 valence electrons. The molecule has 2 rings (SSSR count). The first-order valence-electron chi connectivity index (χ1n) is 8.47. The fourth-order valence-electron chi connectivity index (χ4n) is 2.39. The van der Waals surface area contributed by atoms with Crippen LogP contribution in [0.15, 0.2) is 40.7 Å². The lowest BCUT2D eigenvalue weighted by molar-refractivity contribution is 0.0597. The Morgan fingerprint density at radius 3 is 2.73 bits per heavy atom. The number of rotatable bonds is 8. The van der Waals surface area contributed by atoms with Gasteiger partial charge in [-0.15, -0.1) is 11.3 Å². The van der Waals surface area contributed by atoms with E-state index in [1.54, 1.807) is 23.5 Å². The van der Waals surface area contributed by atoms with Gasteiger partial charge in [0, 0.05) is 18.0 Å². The van der Waals surface area contributed by atoms with Crippen molar-refractivity contribution in [2.45, 2.75) is 19.9 Å². The zero-order valence-corrected chi connectivity index (χ0v) is 16.2. The predicted molar refractivity (Wildman–Crippen MR) is 105 cm³/mol. The highest BCUT2D eigenvalue weighted by atomic mass is 32.1. The minimum absolute atomic E-state index is 0.401. The van der Waals surface area contributed by atoms with Gasteiger partial charge in [-0.25, -0.2) is 9.79 Å². The highest BCUT2D eigenvalue weighted by Crippen LogP contribution is 2.21. The van der Waals surface area contributed by atoms with Crippen molar-refractivity contribution in [3.8, 4) is 5.75 Å². The van der Waals surface area contributed by atoms with E-state index in [0.717, 1.165) is 31.0 Å². The summed E-state index contributed by atoms with van der Waals surface area (Å²) in [4.78, 5) is 17.8. The molecular weight excluding hydrogens is 350 g/mol. The van der Waals surface area contributed by atoms with Crippen molar-refractivity contribution in [1.82, 2.24) is 10.6 Å². The van der Waals surface area contributed by atoms with Crippen LogP contribution in [-0.2, 0) is 17.7 Å². The van der Waals surface area contributed by atoms with Crippen molar-refractivity contribution < 1.29 is 14.3 Å². The molecule has 0 aliphatic carbocycles. The Balaban J connectivity index is 2.02. The third kappa shape index (κ3) is 5.77. The summed E-state index contributed by atoms with van der Waals surface area (Å²) < 4.78 is 10.0. The van der Waals surface area contributed by atoms with E-state index in [0.29, 0.717) is 17.9 Å². The number of hydrogen-bond donors (Lipinski definition) is 2. The van der Waals surface area contributed by atoms with Gasteiger partial charge in [-0.3, -0.25) is 0 Å². The van der Waals surface area contributed by atoms with Gasteiger partial charge in [-0.05, 0) is 42.5 Å². The third-order valence-corrected chi connectivity index (χ3v) is 4.61. The normalized spacial score (nSPS) is 11.1. The van der Waals surface area contributed by atoms with Crippen molar-refractivity contribution in [3.05, 3.63) is 51.7 Å². The lowest BCUT2D eigenvalue weighted by Gasteiger charge is -2.12. The van der Waals surface area contributed by atoms with Crippen LogP contribution in [0, 0.1) is 0 Å². The van der Waals surface area contributed by atoms with Crippen LogP contribution in [-0.4, -0.2) is 39.2 Å². The van der Waals surface area contributed by atoms with Gasteiger partial charge >= 0.3 is 5.97 Å². The third-order valence-electron chi connectivity index (χ3n) is 3.68. The summed E-state index contributed by atoms with van der Waals surface area (Å²) in [6.45, 7) is 4.06. The average Bonchev–Trinajstić information content (AvgIpc) is 3.18. The molecule has 2 N–H and O–H groups in total. The Bertz CT molecular complexity index is 730. The molecule has 26 heavy (non-hydrogen) atoms. The first-order chi connectivity index (χ1) is 12.7. The average molecular weight is 375 g/mol. The molecule has 1 aromatic heterocycles. The van der Waals surface area contributed by atoms with Crippen LogP contribution in [0.25, 0.3) is 0 Å². The molecule has 6 nitrogen and oxygen atoms in total. The maximum atomic E-state index is 11.9. The maximum absolute atomic E-state index is 11.9. The topological polar surface area (TPSA) is 72.0 Å². The number of carbonyl (C=O) groups excluding carboxylic acids is 1. The molecule has 0 aliphatic heterocycles. The number of benzene rings is 1. The second-order valence-corrected chi connectivity index (χ2v) is 6.51.